The number of benzene rings is 2. The van der Waals surface area contributed by atoms with Crippen LogP contribution in [0.15, 0.2) is 42.5 Å². The van der Waals surface area contributed by atoms with E-state index in [0.29, 0.717) is 21.7 Å². The van der Waals surface area contributed by atoms with E-state index in [9.17, 15) is 22.0 Å². The number of methoxy groups -OCH3 is 1. The van der Waals surface area contributed by atoms with Crippen LogP contribution in [0.4, 0.5) is 14.5 Å². The number of hydrogen-bond acceptors (Lipinski definition) is 4. The van der Waals surface area contributed by atoms with E-state index in [2.05, 4.69) is 5.32 Å². The highest BCUT2D eigenvalue weighted by Gasteiger charge is 2.24. The average Bonchev–Trinajstić information content (AvgIpc) is 2.58. The number of nitrogens with one attached hydrogen (secondary N) is 1. The second-order valence-electron chi connectivity index (χ2n) is 5.45. The summed E-state index contributed by atoms with van der Waals surface area (Å²) < 4.78 is 56.6. The lowest BCUT2D eigenvalue weighted by molar-refractivity contribution is -0.119. The molecule has 0 aliphatic heterocycles. The van der Waals surface area contributed by atoms with Crippen LogP contribution in [-0.2, 0) is 21.4 Å². The van der Waals surface area contributed by atoms with Crippen LogP contribution >= 0.6 is 0 Å². The van der Waals surface area contributed by atoms with Crippen molar-refractivity contribution in [2.75, 3.05) is 24.2 Å². The number of rotatable bonds is 7. The summed E-state index contributed by atoms with van der Waals surface area (Å²) >= 11 is 0. The van der Waals surface area contributed by atoms with Gasteiger partial charge in [-0.05, 0) is 18.2 Å². The number of carbonyl (C=O) groups excluding carboxylic acids is 1. The molecule has 0 radical (unpaired) electrons. The van der Waals surface area contributed by atoms with Crippen molar-refractivity contribution in [2.45, 2.75) is 6.54 Å². The Hall–Kier alpha value is -2.68. The molecule has 0 spiro atoms. The predicted octanol–water partition coefficient (Wildman–Crippen LogP) is 2.06. The Bertz CT molecular complexity index is 903. The molecule has 2 aromatic carbocycles. The van der Waals surface area contributed by atoms with Crippen molar-refractivity contribution in [2.24, 2.45) is 0 Å². The van der Waals surface area contributed by atoms with Gasteiger partial charge in [-0.1, -0.05) is 18.2 Å². The van der Waals surface area contributed by atoms with Gasteiger partial charge in [0, 0.05) is 18.2 Å². The maximum atomic E-state index is 13.9. The van der Waals surface area contributed by atoms with Gasteiger partial charge in [0.15, 0.2) is 0 Å². The Labute approximate surface area is 150 Å². The van der Waals surface area contributed by atoms with Crippen molar-refractivity contribution in [3.8, 4) is 5.75 Å². The first-order valence-corrected chi connectivity index (χ1v) is 9.38. The number of nitrogens with zero attached hydrogens (tertiary/aromatic N) is 1. The topological polar surface area (TPSA) is 75.7 Å². The Balaban J connectivity index is 2.15. The predicted molar refractivity (Wildman–Crippen MR) is 93.4 cm³/mol. The molecule has 2 aromatic rings. The summed E-state index contributed by atoms with van der Waals surface area (Å²) in [5.41, 5.74) is 0.295. The fourth-order valence-electron chi connectivity index (χ4n) is 2.29. The fourth-order valence-corrected chi connectivity index (χ4v) is 3.15. The monoisotopic (exact) mass is 384 g/mol. The van der Waals surface area contributed by atoms with Crippen molar-refractivity contribution in [1.29, 1.82) is 0 Å². The van der Waals surface area contributed by atoms with Crippen LogP contribution in [0.2, 0.25) is 0 Å². The second kappa shape index (κ2) is 8.13. The average molecular weight is 384 g/mol. The first kappa shape index (κ1) is 19.6. The van der Waals surface area contributed by atoms with Gasteiger partial charge >= 0.3 is 0 Å². The third-order valence-corrected chi connectivity index (χ3v) is 4.66. The van der Waals surface area contributed by atoms with Gasteiger partial charge in [0.05, 0.1) is 19.1 Å². The van der Waals surface area contributed by atoms with Gasteiger partial charge in [-0.25, -0.2) is 17.2 Å². The minimum Gasteiger partial charge on any atom is -0.496 e. The molecule has 0 unspecified atom stereocenters. The Kier molecular flexibility index (Phi) is 6.14. The third-order valence-electron chi connectivity index (χ3n) is 3.53. The van der Waals surface area contributed by atoms with E-state index in [1.807, 2.05) is 0 Å². The van der Waals surface area contributed by atoms with Gasteiger partial charge in [-0.2, -0.15) is 0 Å². The van der Waals surface area contributed by atoms with Crippen molar-refractivity contribution >= 4 is 21.6 Å². The van der Waals surface area contributed by atoms with Crippen LogP contribution in [0.3, 0.4) is 0 Å². The second-order valence-corrected chi connectivity index (χ2v) is 7.36. The van der Waals surface area contributed by atoms with E-state index in [-0.39, 0.29) is 6.54 Å². The highest BCUT2D eigenvalue weighted by atomic mass is 32.2. The summed E-state index contributed by atoms with van der Waals surface area (Å²) in [4.78, 5) is 12.2. The zero-order valence-corrected chi connectivity index (χ0v) is 15.0. The standard InChI is InChI=1S/C17H18F2N2O4S/c1-25-16-6-4-3-5-12(16)10-20-17(22)11-21(26(2,23)24)15-8-7-13(18)9-14(15)19/h3-9H,10-11H2,1-2H3,(H,20,22). The molecule has 0 aliphatic carbocycles. The number of amides is 1. The molecule has 140 valence electrons. The minimum atomic E-state index is -3.96. The Morgan fingerprint density at radius 2 is 1.88 bits per heavy atom. The van der Waals surface area contributed by atoms with E-state index in [0.717, 1.165) is 18.4 Å². The van der Waals surface area contributed by atoms with Gasteiger partial charge in [0.2, 0.25) is 15.9 Å². The van der Waals surface area contributed by atoms with Crippen molar-refractivity contribution < 1.29 is 26.7 Å². The van der Waals surface area contributed by atoms with Crippen LogP contribution in [0, 0.1) is 11.6 Å². The molecular formula is C17H18F2N2O4S. The van der Waals surface area contributed by atoms with Crippen LogP contribution in [0.25, 0.3) is 0 Å². The first-order valence-electron chi connectivity index (χ1n) is 7.53. The van der Waals surface area contributed by atoms with Gasteiger partial charge in [-0.15, -0.1) is 0 Å². The molecule has 0 saturated carbocycles. The quantitative estimate of drug-likeness (QED) is 0.793. The summed E-state index contributed by atoms with van der Waals surface area (Å²) in [6.07, 6.45) is 0.837. The molecule has 6 nitrogen and oxygen atoms in total. The van der Waals surface area contributed by atoms with Crippen molar-refractivity contribution in [3.05, 3.63) is 59.7 Å². The summed E-state index contributed by atoms with van der Waals surface area (Å²) in [6, 6.07) is 9.45. The Morgan fingerprint density at radius 3 is 2.50 bits per heavy atom. The zero-order chi connectivity index (χ0) is 19.3. The van der Waals surface area contributed by atoms with E-state index in [1.54, 1.807) is 24.3 Å². The smallest absolute Gasteiger partial charge is 0.241 e. The fraction of sp³-hybridized carbons (Fsp3) is 0.235. The molecule has 1 amide bonds. The molecule has 0 saturated heterocycles. The van der Waals surface area contributed by atoms with Crippen LogP contribution < -0.4 is 14.4 Å². The van der Waals surface area contributed by atoms with Crippen LogP contribution in [0.5, 0.6) is 5.75 Å². The van der Waals surface area contributed by atoms with Gasteiger partial charge in [0.1, 0.15) is 23.9 Å². The lowest BCUT2D eigenvalue weighted by Gasteiger charge is -2.22. The number of hydrogen-bond donors (Lipinski definition) is 1. The molecular weight excluding hydrogens is 366 g/mol. The molecule has 0 atom stereocenters. The van der Waals surface area contributed by atoms with Gasteiger partial charge in [-0.3, -0.25) is 9.10 Å². The van der Waals surface area contributed by atoms with Gasteiger partial charge < -0.3 is 10.1 Å². The molecule has 0 bridgehead atoms. The van der Waals surface area contributed by atoms with Crippen LogP contribution in [0.1, 0.15) is 5.56 Å². The number of halogens is 2. The summed E-state index contributed by atoms with van der Waals surface area (Å²) in [7, 11) is -2.47. The first-order chi connectivity index (χ1) is 12.2. The third kappa shape index (κ3) is 4.92. The number of para-hydroxylation sites is 1. The molecule has 0 aromatic heterocycles. The summed E-state index contributed by atoms with van der Waals surface area (Å²) in [6.45, 7) is -0.539. The van der Waals surface area contributed by atoms with Gasteiger partial charge in [0.25, 0.3) is 0 Å². The maximum absolute atomic E-state index is 13.9. The molecule has 0 fully saturated rings. The highest BCUT2D eigenvalue weighted by molar-refractivity contribution is 7.92. The zero-order valence-electron chi connectivity index (χ0n) is 14.2. The Morgan fingerprint density at radius 1 is 1.19 bits per heavy atom. The van der Waals surface area contributed by atoms with Crippen LogP contribution in [-0.4, -0.2) is 34.2 Å². The molecule has 0 heterocycles. The summed E-state index contributed by atoms with van der Waals surface area (Å²) in [5, 5.41) is 2.56. The number of anilines is 1. The normalized spacial score (nSPS) is 11.1. The number of sulfonamides is 1. The largest absolute Gasteiger partial charge is 0.496 e. The molecule has 2 rings (SSSR count). The molecule has 9 heteroatoms. The van der Waals surface area contributed by atoms with Crippen molar-refractivity contribution in [3.63, 3.8) is 0 Å². The van der Waals surface area contributed by atoms with E-state index in [4.69, 9.17) is 4.74 Å². The lowest BCUT2D eigenvalue weighted by atomic mass is 10.2. The minimum absolute atomic E-state index is 0.104. The molecule has 1 N–H and O–H groups in total. The SMILES string of the molecule is COc1ccccc1CNC(=O)CN(c1ccc(F)cc1F)S(C)(=O)=O. The summed E-state index contributed by atoms with van der Waals surface area (Å²) in [5.74, 6) is -2.00. The highest BCUT2D eigenvalue weighted by Crippen LogP contribution is 2.22. The van der Waals surface area contributed by atoms with E-state index in [1.165, 1.54) is 7.11 Å². The number of carbonyl (C=O) groups is 1. The van der Waals surface area contributed by atoms with Crippen molar-refractivity contribution in [1.82, 2.24) is 5.32 Å². The lowest BCUT2D eigenvalue weighted by Crippen LogP contribution is -2.40. The molecule has 0 aliphatic rings. The van der Waals surface area contributed by atoms with E-state index < -0.39 is 39.8 Å². The van der Waals surface area contributed by atoms with E-state index >= 15 is 0 Å². The number of ether oxygens (including phenoxy) is 1. The molecule has 26 heavy (non-hydrogen) atoms. The maximum Gasteiger partial charge on any atom is 0.241 e.